The summed E-state index contributed by atoms with van der Waals surface area (Å²) in [5.74, 6) is 1.80. The van der Waals surface area contributed by atoms with E-state index < -0.39 is 0 Å². The molecular formula is C12H13N3OS. The number of rotatable bonds is 4. The van der Waals surface area contributed by atoms with Crippen molar-refractivity contribution in [1.82, 2.24) is 14.8 Å². The number of nitrogens with zero attached hydrogens (tertiary/aromatic N) is 3. The molecule has 0 saturated heterocycles. The van der Waals surface area contributed by atoms with Crippen LogP contribution < -0.4 is 0 Å². The van der Waals surface area contributed by atoms with E-state index in [0.29, 0.717) is 0 Å². The van der Waals surface area contributed by atoms with Gasteiger partial charge in [-0.05, 0) is 19.1 Å². The van der Waals surface area contributed by atoms with E-state index in [1.807, 2.05) is 31.3 Å². The van der Waals surface area contributed by atoms with E-state index in [1.54, 1.807) is 29.7 Å². The van der Waals surface area contributed by atoms with Crippen molar-refractivity contribution in [2.24, 2.45) is 7.05 Å². The first-order valence-corrected chi connectivity index (χ1v) is 6.22. The number of aryl methyl sites for hydroxylation is 1. The molecule has 1 heterocycles. The van der Waals surface area contributed by atoms with Crippen molar-refractivity contribution in [2.75, 3.05) is 0 Å². The van der Waals surface area contributed by atoms with Gasteiger partial charge in [-0.25, -0.2) is 4.98 Å². The number of thioether (sulfide) groups is 1. The van der Waals surface area contributed by atoms with Crippen LogP contribution in [-0.2, 0) is 12.8 Å². The Labute approximate surface area is 104 Å². The SMILES string of the molecule is CC(=O)c1ccc(SCc2ncnn2C)cc1. The molecule has 0 aliphatic heterocycles. The molecule has 0 saturated carbocycles. The molecule has 0 unspecified atom stereocenters. The van der Waals surface area contributed by atoms with Crippen molar-refractivity contribution in [3.8, 4) is 0 Å². The van der Waals surface area contributed by atoms with E-state index in [4.69, 9.17) is 0 Å². The zero-order chi connectivity index (χ0) is 12.3. The van der Waals surface area contributed by atoms with Crippen molar-refractivity contribution >= 4 is 17.5 Å². The fourth-order valence-corrected chi connectivity index (χ4v) is 2.27. The molecule has 0 bridgehead atoms. The van der Waals surface area contributed by atoms with Crippen molar-refractivity contribution in [3.63, 3.8) is 0 Å². The van der Waals surface area contributed by atoms with E-state index in [9.17, 15) is 4.79 Å². The van der Waals surface area contributed by atoms with Gasteiger partial charge in [-0.15, -0.1) is 11.8 Å². The second kappa shape index (κ2) is 5.14. The highest BCUT2D eigenvalue weighted by Crippen LogP contribution is 2.21. The Hall–Kier alpha value is -1.62. The normalized spacial score (nSPS) is 10.5. The molecule has 0 aliphatic carbocycles. The number of carbonyl (C=O) groups is 1. The molecule has 88 valence electrons. The smallest absolute Gasteiger partial charge is 0.159 e. The average molecular weight is 247 g/mol. The zero-order valence-electron chi connectivity index (χ0n) is 9.75. The molecule has 1 aromatic carbocycles. The minimum absolute atomic E-state index is 0.0925. The van der Waals surface area contributed by atoms with Gasteiger partial charge < -0.3 is 0 Å². The Morgan fingerprint density at radius 3 is 2.59 bits per heavy atom. The van der Waals surface area contributed by atoms with Crippen LogP contribution in [-0.4, -0.2) is 20.5 Å². The molecule has 2 rings (SSSR count). The second-order valence-corrected chi connectivity index (χ2v) is 4.72. The lowest BCUT2D eigenvalue weighted by Crippen LogP contribution is -1.97. The van der Waals surface area contributed by atoms with Gasteiger partial charge in [0.25, 0.3) is 0 Å². The van der Waals surface area contributed by atoms with E-state index in [-0.39, 0.29) is 5.78 Å². The van der Waals surface area contributed by atoms with Gasteiger partial charge in [-0.1, -0.05) is 12.1 Å². The molecule has 2 aromatic rings. The number of aromatic nitrogens is 3. The van der Waals surface area contributed by atoms with Crippen LogP contribution in [0.1, 0.15) is 23.1 Å². The Morgan fingerprint density at radius 2 is 2.06 bits per heavy atom. The zero-order valence-corrected chi connectivity index (χ0v) is 10.6. The third kappa shape index (κ3) is 2.94. The molecule has 5 heteroatoms. The first-order valence-electron chi connectivity index (χ1n) is 5.23. The van der Waals surface area contributed by atoms with E-state index in [0.717, 1.165) is 22.0 Å². The van der Waals surface area contributed by atoms with Crippen LogP contribution in [0.3, 0.4) is 0 Å². The Balaban J connectivity index is 2.00. The number of hydrogen-bond donors (Lipinski definition) is 0. The molecule has 4 nitrogen and oxygen atoms in total. The summed E-state index contributed by atoms with van der Waals surface area (Å²) in [4.78, 5) is 16.4. The van der Waals surface area contributed by atoms with Crippen LogP contribution in [0.5, 0.6) is 0 Å². The van der Waals surface area contributed by atoms with Crippen molar-refractivity contribution in [2.45, 2.75) is 17.6 Å². The third-order valence-electron chi connectivity index (χ3n) is 2.43. The molecule has 0 atom stereocenters. The average Bonchev–Trinajstić information content (AvgIpc) is 2.73. The van der Waals surface area contributed by atoms with Crippen LogP contribution in [0, 0.1) is 0 Å². The Bertz CT molecular complexity index is 519. The second-order valence-electron chi connectivity index (χ2n) is 3.67. The molecule has 0 amide bonds. The van der Waals surface area contributed by atoms with Gasteiger partial charge in [-0.2, -0.15) is 5.10 Å². The van der Waals surface area contributed by atoms with Crippen LogP contribution >= 0.6 is 11.8 Å². The molecule has 0 N–H and O–H groups in total. The summed E-state index contributed by atoms with van der Waals surface area (Å²) in [6, 6.07) is 7.61. The fraction of sp³-hybridized carbons (Fsp3) is 0.250. The highest BCUT2D eigenvalue weighted by atomic mass is 32.2. The summed E-state index contributed by atoms with van der Waals surface area (Å²) in [6.07, 6.45) is 1.55. The van der Waals surface area contributed by atoms with E-state index in [2.05, 4.69) is 10.1 Å². The number of hydrogen-bond acceptors (Lipinski definition) is 4. The summed E-state index contributed by atoms with van der Waals surface area (Å²) in [5, 5.41) is 4.01. The maximum absolute atomic E-state index is 11.1. The van der Waals surface area contributed by atoms with Gasteiger partial charge in [-0.3, -0.25) is 9.48 Å². The maximum atomic E-state index is 11.1. The summed E-state index contributed by atoms with van der Waals surface area (Å²) < 4.78 is 1.76. The topological polar surface area (TPSA) is 47.8 Å². The lowest BCUT2D eigenvalue weighted by atomic mass is 10.2. The summed E-state index contributed by atoms with van der Waals surface area (Å²) >= 11 is 1.68. The Morgan fingerprint density at radius 1 is 1.35 bits per heavy atom. The molecular weight excluding hydrogens is 234 g/mol. The summed E-state index contributed by atoms with van der Waals surface area (Å²) in [7, 11) is 1.88. The number of benzene rings is 1. The quantitative estimate of drug-likeness (QED) is 0.614. The van der Waals surface area contributed by atoms with Crippen LogP contribution in [0.25, 0.3) is 0 Å². The minimum atomic E-state index is 0.0925. The maximum Gasteiger partial charge on any atom is 0.159 e. The molecule has 0 radical (unpaired) electrons. The predicted molar refractivity (Wildman–Crippen MR) is 67.0 cm³/mol. The predicted octanol–water partition coefficient (Wildman–Crippen LogP) is 2.31. The summed E-state index contributed by atoms with van der Waals surface area (Å²) in [5.41, 5.74) is 0.744. The summed E-state index contributed by atoms with van der Waals surface area (Å²) in [6.45, 7) is 1.57. The van der Waals surface area contributed by atoms with Gasteiger partial charge in [0, 0.05) is 17.5 Å². The first kappa shape index (κ1) is 11.9. The third-order valence-corrected chi connectivity index (χ3v) is 3.44. The molecule has 17 heavy (non-hydrogen) atoms. The number of Topliss-reactive ketones (excluding diaryl/α,β-unsaturated/α-hetero) is 1. The van der Waals surface area contributed by atoms with Crippen molar-refractivity contribution in [3.05, 3.63) is 42.0 Å². The van der Waals surface area contributed by atoms with Gasteiger partial charge in [0.1, 0.15) is 12.2 Å². The van der Waals surface area contributed by atoms with E-state index >= 15 is 0 Å². The van der Waals surface area contributed by atoms with Crippen LogP contribution in [0.15, 0.2) is 35.5 Å². The standard InChI is InChI=1S/C12H13N3OS/c1-9(16)10-3-5-11(6-4-10)17-7-12-13-8-14-15(12)2/h3-6,8H,7H2,1-2H3. The molecule has 0 fully saturated rings. The minimum Gasteiger partial charge on any atom is -0.295 e. The lowest BCUT2D eigenvalue weighted by Gasteiger charge is -2.02. The highest BCUT2D eigenvalue weighted by Gasteiger charge is 2.03. The molecule has 1 aromatic heterocycles. The van der Waals surface area contributed by atoms with Gasteiger partial charge in [0.15, 0.2) is 5.78 Å². The van der Waals surface area contributed by atoms with E-state index in [1.165, 1.54) is 0 Å². The van der Waals surface area contributed by atoms with Gasteiger partial charge >= 0.3 is 0 Å². The highest BCUT2D eigenvalue weighted by molar-refractivity contribution is 7.98. The molecule has 0 spiro atoms. The van der Waals surface area contributed by atoms with Gasteiger partial charge in [0.05, 0.1) is 5.75 Å². The fourth-order valence-electron chi connectivity index (χ4n) is 1.38. The van der Waals surface area contributed by atoms with Crippen LogP contribution in [0.4, 0.5) is 0 Å². The Kier molecular flexibility index (Phi) is 3.58. The monoisotopic (exact) mass is 247 g/mol. The van der Waals surface area contributed by atoms with Gasteiger partial charge in [0.2, 0.25) is 0 Å². The molecule has 0 aliphatic rings. The van der Waals surface area contributed by atoms with Crippen molar-refractivity contribution < 1.29 is 4.79 Å². The number of carbonyl (C=O) groups excluding carboxylic acids is 1. The van der Waals surface area contributed by atoms with Crippen molar-refractivity contribution in [1.29, 1.82) is 0 Å². The van der Waals surface area contributed by atoms with Crippen LogP contribution in [0.2, 0.25) is 0 Å². The number of ketones is 1. The largest absolute Gasteiger partial charge is 0.295 e. The lowest BCUT2D eigenvalue weighted by molar-refractivity contribution is 0.101. The first-order chi connectivity index (χ1) is 8.16.